The van der Waals surface area contributed by atoms with Gasteiger partial charge < -0.3 is 13.9 Å². The minimum absolute atomic E-state index is 0.167. The zero-order valence-electron chi connectivity index (χ0n) is 12.9. The lowest BCUT2D eigenvalue weighted by molar-refractivity contribution is 0.245. The number of nitrogens with zero attached hydrogens (tertiary/aromatic N) is 4. The Kier molecular flexibility index (Phi) is 3.41. The maximum Gasteiger partial charge on any atom is 0.152 e. The number of aromatic nitrogens is 4. The molecule has 0 saturated heterocycles. The van der Waals surface area contributed by atoms with Gasteiger partial charge in [0.25, 0.3) is 0 Å². The highest BCUT2D eigenvalue weighted by Crippen LogP contribution is 2.27. The second-order valence-electron chi connectivity index (χ2n) is 5.52. The summed E-state index contributed by atoms with van der Waals surface area (Å²) in [6.07, 6.45) is 2.24. The molecule has 0 radical (unpaired) electrons. The molecule has 0 spiro atoms. The molecule has 3 aromatic rings. The van der Waals surface area contributed by atoms with Gasteiger partial charge >= 0.3 is 0 Å². The maximum absolute atomic E-state index is 5.87. The molecule has 0 N–H and O–H groups in total. The molecule has 0 saturated carbocycles. The number of benzene rings is 1. The van der Waals surface area contributed by atoms with E-state index in [9.17, 15) is 0 Å². The van der Waals surface area contributed by atoms with E-state index in [1.807, 2.05) is 44.5 Å². The fourth-order valence-electron chi connectivity index (χ4n) is 2.43. The van der Waals surface area contributed by atoms with E-state index in [2.05, 4.69) is 33.1 Å². The van der Waals surface area contributed by atoms with E-state index in [0.717, 1.165) is 28.3 Å². The van der Waals surface area contributed by atoms with Gasteiger partial charge in [-0.25, -0.2) is 0 Å². The van der Waals surface area contributed by atoms with Crippen LogP contribution in [0, 0.1) is 6.92 Å². The fraction of sp³-hybridized carbons (Fsp3) is 0.375. The van der Waals surface area contributed by atoms with E-state index >= 15 is 0 Å². The monoisotopic (exact) mass is 284 g/mol. The van der Waals surface area contributed by atoms with Gasteiger partial charge in [-0.05, 0) is 39.0 Å². The number of hydrogen-bond donors (Lipinski definition) is 0. The molecule has 3 rings (SSSR count). The Labute approximate surface area is 124 Å². The van der Waals surface area contributed by atoms with Crippen LogP contribution < -0.4 is 4.74 Å². The number of rotatable bonds is 4. The second kappa shape index (κ2) is 5.24. The molecule has 5 nitrogen and oxygen atoms in total. The van der Waals surface area contributed by atoms with Crippen molar-refractivity contribution in [3.8, 4) is 5.75 Å². The van der Waals surface area contributed by atoms with Gasteiger partial charge in [-0.15, -0.1) is 10.2 Å². The normalized spacial score (nSPS) is 11.5. The molecule has 2 aromatic heterocycles. The van der Waals surface area contributed by atoms with E-state index in [4.69, 9.17) is 4.74 Å². The summed E-state index contributed by atoms with van der Waals surface area (Å²) in [5.74, 6) is 2.79. The summed E-state index contributed by atoms with van der Waals surface area (Å²) in [7, 11) is 1.99. The van der Waals surface area contributed by atoms with Crippen LogP contribution >= 0.6 is 0 Å². The first-order valence-electron chi connectivity index (χ1n) is 7.15. The Hall–Kier alpha value is -2.30. The molecule has 5 heteroatoms. The van der Waals surface area contributed by atoms with E-state index in [1.165, 1.54) is 0 Å². The number of fused-ring (bicyclic) bond motifs is 1. The van der Waals surface area contributed by atoms with Crippen molar-refractivity contribution in [2.45, 2.75) is 33.4 Å². The van der Waals surface area contributed by atoms with Crippen LogP contribution in [0.15, 0.2) is 30.5 Å². The standard InChI is InChI=1S/C16H20N4O/c1-11(2)21-15-7-5-6-14-13(15)8-9-20(14)10-16-18-17-12(3)19(16)4/h5-9,11H,10H2,1-4H3. The Morgan fingerprint density at radius 2 is 2.00 bits per heavy atom. The van der Waals surface area contributed by atoms with Gasteiger partial charge in [0.1, 0.15) is 11.6 Å². The summed E-state index contributed by atoms with van der Waals surface area (Å²) >= 11 is 0. The first-order chi connectivity index (χ1) is 10.1. The quantitative estimate of drug-likeness (QED) is 0.740. The molecule has 110 valence electrons. The lowest BCUT2D eigenvalue weighted by atomic mass is 10.2. The van der Waals surface area contributed by atoms with Crippen LogP contribution in [0.3, 0.4) is 0 Å². The minimum Gasteiger partial charge on any atom is -0.490 e. The van der Waals surface area contributed by atoms with Crippen molar-refractivity contribution in [2.24, 2.45) is 7.05 Å². The lowest BCUT2D eigenvalue weighted by Crippen LogP contribution is -2.07. The van der Waals surface area contributed by atoms with E-state index in [0.29, 0.717) is 6.54 Å². The van der Waals surface area contributed by atoms with Crippen LogP contribution in [0.4, 0.5) is 0 Å². The van der Waals surface area contributed by atoms with E-state index in [1.54, 1.807) is 0 Å². The predicted octanol–water partition coefficient (Wildman–Crippen LogP) is 2.91. The van der Waals surface area contributed by atoms with Gasteiger partial charge in [0, 0.05) is 18.6 Å². The summed E-state index contributed by atoms with van der Waals surface area (Å²) in [6.45, 7) is 6.74. The van der Waals surface area contributed by atoms with Crippen molar-refractivity contribution in [2.75, 3.05) is 0 Å². The highest BCUT2D eigenvalue weighted by Gasteiger charge is 2.11. The maximum atomic E-state index is 5.87. The summed E-state index contributed by atoms with van der Waals surface area (Å²) in [5.41, 5.74) is 1.15. The molecule has 1 aromatic carbocycles. The molecule has 0 aliphatic rings. The average Bonchev–Trinajstić information content (AvgIpc) is 2.98. The summed E-state index contributed by atoms with van der Waals surface area (Å²) in [6, 6.07) is 8.24. The topological polar surface area (TPSA) is 44.9 Å². The lowest BCUT2D eigenvalue weighted by Gasteiger charge is -2.11. The van der Waals surface area contributed by atoms with Crippen LogP contribution in [0.25, 0.3) is 10.9 Å². The van der Waals surface area contributed by atoms with Gasteiger partial charge in [-0.1, -0.05) is 6.07 Å². The highest BCUT2D eigenvalue weighted by molar-refractivity contribution is 5.86. The van der Waals surface area contributed by atoms with Crippen LogP contribution in [-0.2, 0) is 13.6 Å². The van der Waals surface area contributed by atoms with Crippen LogP contribution in [-0.4, -0.2) is 25.4 Å². The van der Waals surface area contributed by atoms with Crippen LogP contribution in [0.2, 0.25) is 0 Å². The molecule has 0 fully saturated rings. The third-order valence-corrected chi connectivity index (χ3v) is 3.63. The largest absolute Gasteiger partial charge is 0.490 e. The molecular weight excluding hydrogens is 264 g/mol. The number of hydrogen-bond acceptors (Lipinski definition) is 3. The van der Waals surface area contributed by atoms with Gasteiger partial charge in [-0.3, -0.25) is 0 Å². The molecule has 0 aliphatic heterocycles. The van der Waals surface area contributed by atoms with Crippen molar-refractivity contribution in [1.82, 2.24) is 19.3 Å². The first kappa shape index (κ1) is 13.7. The smallest absolute Gasteiger partial charge is 0.152 e. The molecule has 0 unspecified atom stereocenters. The zero-order valence-corrected chi connectivity index (χ0v) is 12.9. The van der Waals surface area contributed by atoms with Crippen LogP contribution in [0.1, 0.15) is 25.5 Å². The number of ether oxygens (including phenoxy) is 1. The van der Waals surface area contributed by atoms with Crippen LogP contribution in [0.5, 0.6) is 5.75 Å². The molecule has 2 heterocycles. The molecule has 0 aliphatic carbocycles. The first-order valence-corrected chi connectivity index (χ1v) is 7.15. The van der Waals surface area contributed by atoms with Gasteiger partial charge in [0.2, 0.25) is 0 Å². The zero-order chi connectivity index (χ0) is 15.0. The van der Waals surface area contributed by atoms with Crippen molar-refractivity contribution in [3.63, 3.8) is 0 Å². The van der Waals surface area contributed by atoms with Gasteiger partial charge in [0.15, 0.2) is 5.82 Å². The number of aryl methyl sites for hydroxylation is 1. The third kappa shape index (κ3) is 2.51. The molecule has 0 amide bonds. The van der Waals surface area contributed by atoms with E-state index < -0.39 is 0 Å². The highest BCUT2D eigenvalue weighted by atomic mass is 16.5. The minimum atomic E-state index is 0.167. The van der Waals surface area contributed by atoms with Crippen molar-refractivity contribution >= 4 is 10.9 Å². The Morgan fingerprint density at radius 1 is 1.19 bits per heavy atom. The molecule has 0 bridgehead atoms. The third-order valence-electron chi connectivity index (χ3n) is 3.63. The predicted molar refractivity (Wildman–Crippen MR) is 82.5 cm³/mol. The average molecular weight is 284 g/mol. The Balaban J connectivity index is 1.99. The Morgan fingerprint density at radius 3 is 2.67 bits per heavy atom. The molecule has 0 atom stereocenters. The van der Waals surface area contributed by atoms with Crippen molar-refractivity contribution < 1.29 is 4.74 Å². The molecule has 21 heavy (non-hydrogen) atoms. The van der Waals surface area contributed by atoms with Gasteiger partial charge in [0.05, 0.1) is 18.2 Å². The van der Waals surface area contributed by atoms with Crippen molar-refractivity contribution in [1.29, 1.82) is 0 Å². The van der Waals surface area contributed by atoms with Gasteiger partial charge in [-0.2, -0.15) is 0 Å². The second-order valence-corrected chi connectivity index (χ2v) is 5.52. The summed E-state index contributed by atoms with van der Waals surface area (Å²) < 4.78 is 10.1. The molecular formula is C16H20N4O. The summed E-state index contributed by atoms with van der Waals surface area (Å²) in [4.78, 5) is 0. The fourth-order valence-corrected chi connectivity index (χ4v) is 2.43. The summed E-state index contributed by atoms with van der Waals surface area (Å²) in [5, 5.41) is 9.47. The van der Waals surface area contributed by atoms with E-state index in [-0.39, 0.29) is 6.10 Å². The van der Waals surface area contributed by atoms with Crippen molar-refractivity contribution in [3.05, 3.63) is 42.1 Å². The Bertz CT molecular complexity index is 770. The SMILES string of the molecule is Cc1nnc(Cn2ccc3c(OC(C)C)cccc32)n1C.